The van der Waals surface area contributed by atoms with E-state index in [4.69, 9.17) is 0 Å². The molecule has 0 radical (unpaired) electrons. The van der Waals surface area contributed by atoms with Gasteiger partial charge in [0.15, 0.2) is 0 Å². The molecule has 0 spiro atoms. The average molecular weight is 175 g/mol. The van der Waals surface area contributed by atoms with Gasteiger partial charge < -0.3 is 5.32 Å². The molecular weight excluding hydrogens is 158 g/mol. The molecule has 13 heavy (non-hydrogen) atoms. The molecule has 1 fully saturated rings. The van der Waals surface area contributed by atoms with Crippen LogP contribution in [0.4, 0.5) is 0 Å². The molecule has 0 aromatic heterocycles. The maximum atomic E-state index is 3.31. The second-order valence-electron chi connectivity index (χ2n) is 4.03. The molecule has 0 bridgehead atoms. The zero-order valence-electron chi connectivity index (χ0n) is 8.22. The lowest BCUT2D eigenvalue weighted by Gasteiger charge is -2.42. The first-order valence-electron chi connectivity index (χ1n) is 5.07. The minimum absolute atomic E-state index is 0.454. The van der Waals surface area contributed by atoms with E-state index in [0.29, 0.717) is 5.41 Å². The number of hydrogen-bond donors (Lipinski definition) is 1. The van der Waals surface area contributed by atoms with Crippen LogP contribution in [0.25, 0.3) is 0 Å². The van der Waals surface area contributed by atoms with Crippen molar-refractivity contribution in [3.05, 3.63) is 35.9 Å². The third kappa shape index (κ3) is 1.49. The third-order valence-corrected chi connectivity index (χ3v) is 3.21. The van der Waals surface area contributed by atoms with Gasteiger partial charge in [-0.3, -0.25) is 0 Å². The van der Waals surface area contributed by atoms with Gasteiger partial charge in [0, 0.05) is 12.0 Å². The molecule has 0 saturated heterocycles. The van der Waals surface area contributed by atoms with Crippen molar-refractivity contribution in [1.29, 1.82) is 0 Å². The van der Waals surface area contributed by atoms with Crippen molar-refractivity contribution < 1.29 is 0 Å². The number of hydrogen-bond acceptors (Lipinski definition) is 1. The highest BCUT2D eigenvalue weighted by atomic mass is 14.8. The molecule has 2 rings (SSSR count). The van der Waals surface area contributed by atoms with Crippen LogP contribution >= 0.6 is 0 Å². The summed E-state index contributed by atoms with van der Waals surface area (Å²) in [6, 6.07) is 10.9. The molecule has 1 saturated carbocycles. The molecule has 70 valence electrons. The standard InChI is InChI=1S/C12H17N/c1-13-10-12(8-5-9-12)11-6-3-2-4-7-11/h2-4,6-7,13H,5,8-10H2,1H3. The monoisotopic (exact) mass is 175 g/mol. The Labute approximate surface area is 80.2 Å². The zero-order chi connectivity index (χ0) is 9.15. The highest BCUT2D eigenvalue weighted by Crippen LogP contribution is 2.42. The molecule has 0 atom stereocenters. The fourth-order valence-corrected chi connectivity index (χ4v) is 2.30. The number of nitrogens with one attached hydrogen (secondary N) is 1. The lowest BCUT2D eigenvalue weighted by molar-refractivity contribution is 0.239. The Kier molecular flexibility index (Phi) is 2.36. The van der Waals surface area contributed by atoms with Crippen LogP contribution in [0.5, 0.6) is 0 Å². The molecule has 1 heteroatoms. The van der Waals surface area contributed by atoms with Crippen LogP contribution in [0.2, 0.25) is 0 Å². The number of benzene rings is 1. The lowest BCUT2D eigenvalue weighted by Crippen LogP contribution is -2.42. The molecule has 1 N–H and O–H groups in total. The molecule has 0 unspecified atom stereocenters. The zero-order valence-corrected chi connectivity index (χ0v) is 8.22. The van der Waals surface area contributed by atoms with Gasteiger partial charge in [0.1, 0.15) is 0 Å². The summed E-state index contributed by atoms with van der Waals surface area (Å²) in [4.78, 5) is 0. The van der Waals surface area contributed by atoms with Crippen molar-refractivity contribution in [2.24, 2.45) is 0 Å². The van der Waals surface area contributed by atoms with Gasteiger partial charge in [0.2, 0.25) is 0 Å². The van der Waals surface area contributed by atoms with E-state index in [1.54, 1.807) is 0 Å². The Hall–Kier alpha value is -0.820. The maximum absolute atomic E-state index is 3.31. The molecule has 0 heterocycles. The summed E-state index contributed by atoms with van der Waals surface area (Å²) < 4.78 is 0. The highest BCUT2D eigenvalue weighted by Gasteiger charge is 2.37. The Balaban J connectivity index is 2.22. The van der Waals surface area contributed by atoms with Crippen LogP contribution in [0.1, 0.15) is 24.8 Å². The fraction of sp³-hybridized carbons (Fsp3) is 0.500. The molecule has 1 aliphatic rings. The smallest absolute Gasteiger partial charge is 0.00776 e. The van der Waals surface area contributed by atoms with Crippen molar-refractivity contribution in [3.8, 4) is 0 Å². The summed E-state index contributed by atoms with van der Waals surface area (Å²) in [6.45, 7) is 1.12. The van der Waals surface area contributed by atoms with Crippen LogP contribution in [-0.4, -0.2) is 13.6 Å². The van der Waals surface area contributed by atoms with Crippen molar-refractivity contribution >= 4 is 0 Å². The molecular formula is C12H17N. The maximum Gasteiger partial charge on any atom is 0.00776 e. The Bertz CT molecular complexity index is 262. The minimum atomic E-state index is 0.454. The Morgan fingerprint density at radius 1 is 1.23 bits per heavy atom. The van der Waals surface area contributed by atoms with Gasteiger partial charge >= 0.3 is 0 Å². The summed E-state index contributed by atoms with van der Waals surface area (Å²) in [5.41, 5.74) is 1.96. The highest BCUT2D eigenvalue weighted by molar-refractivity contribution is 5.28. The van der Waals surface area contributed by atoms with Gasteiger partial charge in [-0.15, -0.1) is 0 Å². The summed E-state index contributed by atoms with van der Waals surface area (Å²) in [7, 11) is 2.04. The SMILES string of the molecule is CNCC1(c2ccccc2)CCC1. The second kappa shape index (κ2) is 3.51. The van der Waals surface area contributed by atoms with Crippen molar-refractivity contribution in [2.75, 3.05) is 13.6 Å². The van der Waals surface area contributed by atoms with E-state index >= 15 is 0 Å². The van der Waals surface area contributed by atoms with E-state index in [0.717, 1.165) is 6.54 Å². The summed E-state index contributed by atoms with van der Waals surface area (Å²) in [6.07, 6.45) is 4.08. The van der Waals surface area contributed by atoms with Crippen LogP contribution in [0.3, 0.4) is 0 Å². The molecule has 0 aliphatic heterocycles. The van der Waals surface area contributed by atoms with Gasteiger partial charge in [-0.1, -0.05) is 36.8 Å². The number of likely N-dealkylation sites (N-methyl/N-ethyl adjacent to an activating group) is 1. The minimum Gasteiger partial charge on any atom is -0.319 e. The van der Waals surface area contributed by atoms with Gasteiger partial charge in [0.05, 0.1) is 0 Å². The van der Waals surface area contributed by atoms with E-state index in [-0.39, 0.29) is 0 Å². The van der Waals surface area contributed by atoms with Gasteiger partial charge in [-0.2, -0.15) is 0 Å². The van der Waals surface area contributed by atoms with Gasteiger partial charge in [-0.25, -0.2) is 0 Å². The largest absolute Gasteiger partial charge is 0.319 e. The first-order chi connectivity index (χ1) is 6.37. The molecule has 1 aliphatic carbocycles. The van der Waals surface area contributed by atoms with E-state index in [9.17, 15) is 0 Å². The second-order valence-corrected chi connectivity index (χ2v) is 4.03. The quantitative estimate of drug-likeness (QED) is 0.743. The van der Waals surface area contributed by atoms with Crippen molar-refractivity contribution in [1.82, 2.24) is 5.32 Å². The molecule has 0 amide bonds. The fourth-order valence-electron chi connectivity index (χ4n) is 2.30. The molecule has 1 aromatic carbocycles. The Morgan fingerprint density at radius 3 is 2.38 bits per heavy atom. The van der Waals surface area contributed by atoms with Crippen molar-refractivity contribution in [2.45, 2.75) is 24.7 Å². The average Bonchev–Trinajstić information content (AvgIpc) is 2.13. The predicted molar refractivity (Wildman–Crippen MR) is 55.9 cm³/mol. The van der Waals surface area contributed by atoms with Gasteiger partial charge in [0.25, 0.3) is 0 Å². The normalized spacial score (nSPS) is 19.5. The summed E-state index contributed by atoms with van der Waals surface area (Å²) in [5, 5.41) is 3.31. The Morgan fingerprint density at radius 2 is 1.92 bits per heavy atom. The van der Waals surface area contributed by atoms with Crippen LogP contribution in [0.15, 0.2) is 30.3 Å². The van der Waals surface area contributed by atoms with Crippen LogP contribution < -0.4 is 5.32 Å². The lowest BCUT2D eigenvalue weighted by atomic mass is 9.64. The van der Waals surface area contributed by atoms with Crippen molar-refractivity contribution in [3.63, 3.8) is 0 Å². The molecule has 1 nitrogen and oxygen atoms in total. The van der Waals surface area contributed by atoms with E-state index in [1.807, 2.05) is 7.05 Å². The number of rotatable bonds is 3. The first-order valence-corrected chi connectivity index (χ1v) is 5.07. The first kappa shape index (κ1) is 8.76. The third-order valence-electron chi connectivity index (χ3n) is 3.21. The predicted octanol–water partition coefficient (Wildman–Crippen LogP) is 2.33. The van der Waals surface area contributed by atoms with E-state index in [1.165, 1.54) is 24.8 Å². The van der Waals surface area contributed by atoms with E-state index < -0.39 is 0 Å². The molecule has 1 aromatic rings. The summed E-state index contributed by atoms with van der Waals surface area (Å²) >= 11 is 0. The van der Waals surface area contributed by atoms with E-state index in [2.05, 4.69) is 35.6 Å². The van der Waals surface area contributed by atoms with Crippen LogP contribution in [-0.2, 0) is 5.41 Å². The van der Waals surface area contributed by atoms with Gasteiger partial charge in [-0.05, 0) is 25.5 Å². The topological polar surface area (TPSA) is 12.0 Å². The van der Waals surface area contributed by atoms with Crippen LogP contribution in [0, 0.1) is 0 Å². The summed E-state index contributed by atoms with van der Waals surface area (Å²) in [5.74, 6) is 0.